The van der Waals surface area contributed by atoms with Gasteiger partial charge in [0, 0.05) is 17.6 Å². The molecule has 27 heavy (non-hydrogen) atoms. The van der Waals surface area contributed by atoms with Crippen LogP contribution >= 0.6 is 0 Å². The van der Waals surface area contributed by atoms with Gasteiger partial charge < -0.3 is 10.1 Å². The molecule has 136 valence electrons. The van der Waals surface area contributed by atoms with Crippen molar-refractivity contribution in [2.24, 2.45) is 0 Å². The van der Waals surface area contributed by atoms with Crippen molar-refractivity contribution in [1.82, 2.24) is 4.98 Å². The summed E-state index contributed by atoms with van der Waals surface area (Å²) in [5, 5.41) is 3.24. The third kappa shape index (κ3) is 2.99. The number of nitrogens with zero attached hydrogens (tertiary/aromatic N) is 2. The summed E-state index contributed by atoms with van der Waals surface area (Å²) in [6, 6.07) is 15.6. The van der Waals surface area contributed by atoms with Crippen LogP contribution in [0.1, 0.15) is 27.8 Å². The number of rotatable bonds is 4. The topological polar surface area (TPSA) is 54.5 Å². The predicted molar refractivity (Wildman–Crippen MR) is 102 cm³/mol. The monoisotopic (exact) mass is 363 g/mol. The molecular weight excluding hydrogens is 345 g/mol. The number of anilines is 2. The van der Waals surface area contributed by atoms with E-state index in [0.29, 0.717) is 33.9 Å². The smallest absolute Gasteiger partial charge is 0.262 e. The second kappa shape index (κ2) is 6.72. The molecule has 3 aromatic rings. The Morgan fingerprint density at radius 3 is 2.63 bits per heavy atom. The van der Waals surface area contributed by atoms with Gasteiger partial charge in [0.25, 0.3) is 5.91 Å². The number of halogens is 1. The van der Waals surface area contributed by atoms with Crippen molar-refractivity contribution in [2.75, 3.05) is 17.3 Å². The van der Waals surface area contributed by atoms with Gasteiger partial charge in [-0.15, -0.1) is 0 Å². The maximum absolute atomic E-state index is 14.0. The molecule has 1 aliphatic heterocycles. The summed E-state index contributed by atoms with van der Waals surface area (Å²) in [7, 11) is 1.59. The molecule has 0 radical (unpaired) electrons. The quantitative estimate of drug-likeness (QED) is 0.751. The molecule has 1 N–H and O–H groups in total. The minimum absolute atomic E-state index is 0.159. The largest absolute Gasteiger partial charge is 0.497 e. The number of amides is 1. The molecule has 0 unspecified atom stereocenters. The predicted octanol–water partition coefficient (Wildman–Crippen LogP) is 4.31. The van der Waals surface area contributed by atoms with Gasteiger partial charge in [-0.2, -0.15) is 0 Å². The molecule has 0 bridgehead atoms. The van der Waals surface area contributed by atoms with E-state index in [4.69, 9.17) is 4.74 Å². The summed E-state index contributed by atoms with van der Waals surface area (Å²) in [5.74, 6) is 0.237. The zero-order valence-corrected chi connectivity index (χ0v) is 14.9. The van der Waals surface area contributed by atoms with E-state index in [9.17, 15) is 9.18 Å². The Kier molecular flexibility index (Phi) is 4.24. The lowest BCUT2D eigenvalue weighted by Gasteiger charge is -2.26. The molecule has 6 heteroatoms. The van der Waals surface area contributed by atoms with Gasteiger partial charge in [-0.1, -0.05) is 6.07 Å². The van der Waals surface area contributed by atoms with Crippen LogP contribution in [-0.4, -0.2) is 18.0 Å². The van der Waals surface area contributed by atoms with Crippen molar-refractivity contribution in [1.29, 1.82) is 0 Å². The molecule has 1 atom stereocenters. The third-order valence-electron chi connectivity index (χ3n) is 4.63. The van der Waals surface area contributed by atoms with Crippen molar-refractivity contribution in [3.05, 3.63) is 83.4 Å². The molecule has 4 rings (SSSR count). The number of carbonyl (C=O) groups excluding carboxylic acids is 1. The SMILES string of the molecule is COc1ccc(N2C(=O)c3cccnc3[C@H]2Nc2ccc(C)c(F)c2)cc1. The van der Waals surface area contributed by atoms with E-state index in [2.05, 4.69) is 10.3 Å². The molecular formula is C21H18FN3O2. The molecule has 0 fully saturated rings. The Balaban J connectivity index is 1.76. The Morgan fingerprint density at radius 1 is 1.15 bits per heavy atom. The molecule has 0 saturated heterocycles. The van der Waals surface area contributed by atoms with Gasteiger partial charge in [0.15, 0.2) is 6.17 Å². The minimum Gasteiger partial charge on any atom is -0.497 e. The average molecular weight is 363 g/mol. The van der Waals surface area contributed by atoms with E-state index in [0.717, 1.165) is 0 Å². The third-order valence-corrected chi connectivity index (χ3v) is 4.63. The second-order valence-corrected chi connectivity index (χ2v) is 6.32. The number of benzene rings is 2. The van der Waals surface area contributed by atoms with Crippen molar-refractivity contribution >= 4 is 17.3 Å². The molecule has 5 nitrogen and oxygen atoms in total. The fraction of sp³-hybridized carbons (Fsp3) is 0.143. The van der Waals surface area contributed by atoms with Crippen LogP contribution in [0.5, 0.6) is 5.75 Å². The lowest BCUT2D eigenvalue weighted by Crippen LogP contribution is -2.32. The molecule has 1 aliphatic rings. The van der Waals surface area contributed by atoms with Gasteiger partial charge in [-0.05, 0) is 61.0 Å². The zero-order chi connectivity index (χ0) is 19.0. The van der Waals surface area contributed by atoms with Crippen molar-refractivity contribution in [2.45, 2.75) is 13.1 Å². The molecule has 0 spiro atoms. The fourth-order valence-electron chi connectivity index (χ4n) is 3.17. The lowest BCUT2D eigenvalue weighted by molar-refractivity contribution is 0.0993. The highest BCUT2D eigenvalue weighted by Crippen LogP contribution is 2.37. The summed E-state index contributed by atoms with van der Waals surface area (Å²) in [6.45, 7) is 1.71. The van der Waals surface area contributed by atoms with Gasteiger partial charge in [-0.3, -0.25) is 14.7 Å². The first-order valence-electron chi connectivity index (χ1n) is 8.53. The Labute approximate surface area is 156 Å². The summed E-state index contributed by atoms with van der Waals surface area (Å²) in [6.07, 6.45) is 1.11. The maximum Gasteiger partial charge on any atom is 0.262 e. The normalized spacial score (nSPS) is 15.6. The first-order chi connectivity index (χ1) is 13.1. The summed E-state index contributed by atoms with van der Waals surface area (Å²) < 4.78 is 19.2. The first kappa shape index (κ1) is 17.0. The van der Waals surface area contributed by atoms with Gasteiger partial charge in [0.05, 0.1) is 18.4 Å². The number of aromatic nitrogens is 1. The van der Waals surface area contributed by atoms with E-state index < -0.39 is 6.17 Å². The number of methoxy groups -OCH3 is 1. The van der Waals surface area contributed by atoms with Crippen LogP contribution in [0.4, 0.5) is 15.8 Å². The van der Waals surface area contributed by atoms with E-state index in [1.54, 1.807) is 61.5 Å². The number of fused-ring (bicyclic) bond motifs is 1. The maximum atomic E-state index is 14.0. The lowest BCUT2D eigenvalue weighted by atomic mass is 10.2. The van der Waals surface area contributed by atoms with Gasteiger partial charge in [-0.25, -0.2) is 4.39 Å². The van der Waals surface area contributed by atoms with Gasteiger partial charge >= 0.3 is 0 Å². The molecule has 1 amide bonds. The number of pyridine rings is 1. The number of hydrogen-bond donors (Lipinski definition) is 1. The number of hydrogen-bond acceptors (Lipinski definition) is 4. The van der Waals surface area contributed by atoms with Crippen molar-refractivity contribution < 1.29 is 13.9 Å². The number of carbonyl (C=O) groups is 1. The minimum atomic E-state index is -0.538. The number of aryl methyl sites for hydroxylation is 1. The highest BCUT2D eigenvalue weighted by molar-refractivity contribution is 6.11. The highest BCUT2D eigenvalue weighted by Gasteiger charge is 2.39. The summed E-state index contributed by atoms with van der Waals surface area (Å²) in [5.41, 5.74) is 2.98. The standard InChI is InChI=1S/C21H18FN3O2/c1-13-5-6-14(12-18(13)22)24-20-19-17(4-3-11-23-19)21(26)25(20)15-7-9-16(27-2)10-8-15/h3-12,20,24H,1-2H3/t20-/m0/s1. The van der Waals surface area contributed by atoms with Crippen LogP contribution in [0.15, 0.2) is 60.8 Å². The van der Waals surface area contributed by atoms with Crippen LogP contribution < -0.4 is 15.0 Å². The average Bonchev–Trinajstić information content (AvgIpc) is 2.97. The zero-order valence-electron chi connectivity index (χ0n) is 14.9. The summed E-state index contributed by atoms with van der Waals surface area (Å²) >= 11 is 0. The van der Waals surface area contributed by atoms with E-state index in [-0.39, 0.29) is 11.7 Å². The Morgan fingerprint density at radius 2 is 1.93 bits per heavy atom. The van der Waals surface area contributed by atoms with Gasteiger partial charge in [0.1, 0.15) is 11.6 Å². The molecule has 0 aliphatic carbocycles. The number of ether oxygens (including phenoxy) is 1. The van der Waals surface area contributed by atoms with Gasteiger partial charge in [0.2, 0.25) is 0 Å². The fourth-order valence-corrected chi connectivity index (χ4v) is 3.17. The van der Waals surface area contributed by atoms with E-state index in [1.165, 1.54) is 6.07 Å². The Bertz CT molecular complexity index is 1000. The van der Waals surface area contributed by atoms with Crippen LogP contribution in [0.2, 0.25) is 0 Å². The Hall–Kier alpha value is -3.41. The molecule has 1 aromatic heterocycles. The highest BCUT2D eigenvalue weighted by atomic mass is 19.1. The molecule has 2 heterocycles. The first-order valence-corrected chi connectivity index (χ1v) is 8.53. The van der Waals surface area contributed by atoms with Crippen LogP contribution in [0.25, 0.3) is 0 Å². The van der Waals surface area contributed by atoms with E-state index in [1.807, 2.05) is 12.1 Å². The molecule has 0 saturated carbocycles. The van der Waals surface area contributed by atoms with Crippen LogP contribution in [0, 0.1) is 12.7 Å². The number of nitrogens with one attached hydrogen (secondary N) is 1. The second-order valence-electron chi connectivity index (χ2n) is 6.32. The van der Waals surface area contributed by atoms with Crippen molar-refractivity contribution in [3.63, 3.8) is 0 Å². The summed E-state index contributed by atoms with van der Waals surface area (Å²) in [4.78, 5) is 19.0. The van der Waals surface area contributed by atoms with Crippen LogP contribution in [-0.2, 0) is 0 Å². The van der Waals surface area contributed by atoms with E-state index >= 15 is 0 Å². The van der Waals surface area contributed by atoms with Crippen molar-refractivity contribution in [3.8, 4) is 5.75 Å². The molecule has 2 aromatic carbocycles. The van der Waals surface area contributed by atoms with Crippen LogP contribution in [0.3, 0.4) is 0 Å².